The molecule has 0 aromatic heterocycles. The van der Waals surface area contributed by atoms with E-state index in [1.807, 2.05) is 4.18 Å². The van der Waals surface area contributed by atoms with Crippen LogP contribution in [0, 0.1) is 0 Å². The second-order valence-electron chi connectivity index (χ2n) is 1.58. The quantitative estimate of drug-likeness (QED) is 0.500. The lowest BCUT2D eigenvalue weighted by Gasteiger charge is -2.38. The Morgan fingerprint density at radius 2 is 1.55 bits per heavy atom. The van der Waals surface area contributed by atoms with Gasteiger partial charge in [0.15, 0.2) is 0 Å². The molecule has 1 atom stereocenters. The summed E-state index contributed by atoms with van der Waals surface area (Å²) in [6, 6.07) is 0. The zero-order valence-corrected chi connectivity index (χ0v) is 5.76. The molecule has 0 saturated carbocycles. The van der Waals surface area contributed by atoms with Gasteiger partial charge < -0.3 is 0 Å². The normalized spacial score (nSPS) is 21.6. The molecule has 0 radical (unpaired) electrons. The van der Waals surface area contributed by atoms with Gasteiger partial charge in [-0.2, -0.15) is 4.18 Å². The first-order valence-electron chi connectivity index (χ1n) is 2.13. The predicted octanol–water partition coefficient (Wildman–Crippen LogP) is 3.70. The molecule has 0 aliphatic rings. The Morgan fingerprint density at radius 3 is 1.64 bits per heavy atom. The van der Waals surface area contributed by atoms with Gasteiger partial charge in [-0.15, -0.1) is 0 Å². The fourth-order valence-corrected chi connectivity index (χ4v) is 0.639. The van der Waals surface area contributed by atoms with Gasteiger partial charge in [-0.25, -0.2) is 4.39 Å². The predicted molar refractivity (Wildman–Crippen MR) is 29.3 cm³/mol. The first-order chi connectivity index (χ1) is 4.43. The molecular formula is C3H4F6OS. The lowest BCUT2D eigenvalue weighted by Crippen LogP contribution is -2.15. The Morgan fingerprint density at radius 1 is 1.18 bits per heavy atom. The molecule has 0 aliphatic heterocycles. The fourth-order valence-electron chi connectivity index (χ4n) is 0.213. The van der Waals surface area contributed by atoms with E-state index in [2.05, 4.69) is 6.58 Å². The number of alkyl halides is 1. The van der Waals surface area contributed by atoms with Gasteiger partial charge in [0.1, 0.15) is 0 Å². The first-order valence-corrected chi connectivity index (χ1v) is 4.01. The third kappa shape index (κ3) is 7.53. The first kappa shape index (κ1) is 10.6. The van der Waals surface area contributed by atoms with Gasteiger partial charge in [-0.1, -0.05) is 26.0 Å². The highest BCUT2D eigenvalue weighted by Gasteiger charge is 2.67. The molecule has 0 bridgehead atoms. The molecule has 11 heavy (non-hydrogen) atoms. The van der Waals surface area contributed by atoms with Crippen LogP contribution < -0.4 is 0 Å². The highest BCUT2D eigenvalue weighted by atomic mass is 32.5. The molecule has 1 unspecified atom stereocenters. The molecule has 0 N–H and O–H groups in total. The minimum Gasteiger partial charge on any atom is -0.210 e. The molecule has 0 aromatic rings. The molecular weight excluding hydrogens is 198 g/mol. The smallest absolute Gasteiger partial charge is 0.210 e. The lowest BCUT2D eigenvalue weighted by molar-refractivity contribution is 0.0463. The molecule has 1 nitrogen and oxygen atoms in total. The van der Waals surface area contributed by atoms with Crippen LogP contribution in [0.1, 0.15) is 0 Å². The minimum absolute atomic E-state index is 0.0299. The van der Waals surface area contributed by atoms with E-state index in [4.69, 9.17) is 0 Å². The summed E-state index contributed by atoms with van der Waals surface area (Å²) in [6.45, 7) is 2.49. The van der Waals surface area contributed by atoms with Crippen molar-refractivity contribution in [2.24, 2.45) is 0 Å². The second kappa shape index (κ2) is 1.86. The Balaban J connectivity index is 4.50. The highest BCUT2D eigenvalue weighted by molar-refractivity contribution is 8.42. The van der Waals surface area contributed by atoms with E-state index in [1.165, 1.54) is 0 Å². The van der Waals surface area contributed by atoms with E-state index >= 15 is 0 Å². The van der Waals surface area contributed by atoms with Gasteiger partial charge >= 0.3 is 10.5 Å². The maximum Gasteiger partial charge on any atom is 0.400 e. The van der Waals surface area contributed by atoms with Crippen LogP contribution in [-0.2, 0) is 4.18 Å². The maximum atomic E-state index is 11.6. The van der Waals surface area contributed by atoms with Gasteiger partial charge in [-0.05, 0) is 6.08 Å². The minimum atomic E-state index is -10.1. The summed E-state index contributed by atoms with van der Waals surface area (Å²) in [7, 11) is -10.1. The van der Waals surface area contributed by atoms with Crippen LogP contribution in [0.25, 0.3) is 0 Å². The third-order valence-corrected chi connectivity index (χ3v) is 1.01. The van der Waals surface area contributed by atoms with E-state index in [0.717, 1.165) is 0 Å². The van der Waals surface area contributed by atoms with Crippen LogP contribution in [0.2, 0.25) is 0 Å². The maximum absolute atomic E-state index is 11.6. The third-order valence-electron chi connectivity index (χ3n) is 0.459. The molecule has 0 aromatic carbocycles. The van der Waals surface area contributed by atoms with Crippen molar-refractivity contribution < 1.29 is 28.0 Å². The summed E-state index contributed by atoms with van der Waals surface area (Å²) in [5, 5.41) is 0. The number of hydrogen-bond acceptors (Lipinski definition) is 1. The van der Waals surface area contributed by atoms with E-state index in [-0.39, 0.29) is 6.08 Å². The summed E-state index contributed by atoms with van der Waals surface area (Å²) < 4.78 is 69.3. The van der Waals surface area contributed by atoms with Crippen molar-refractivity contribution in [1.29, 1.82) is 0 Å². The monoisotopic (exact) mass is 202 g/mol. The summed E-state index contributed by atoms with van der Waals surface area (Å²) >= 11 is 0. The topological polar surface area (TPSA) is 9.23 Å². The molecule has 0 saturated heterocycles. The number of rotatable bonds is 3. The Kier molecular flexibility index (Phi) is 1.80. The highest BCUT2D eigenvalue weighted by Crippen LogP contribution is 2.98. The van der Waals surface area contributed by atoms with E-state index in [1.54, 1.807) is 0 Å². The Bertz CT molecular complexity index is 167. The van der Waals surface area contributed by atoms with Gasteiger partial charge in [0, 0.05) is 0 Å². The Hall–Kier alpha value is -0.370. The van der Waals surface area contributed by atoms with Crippen molar-refractivity contribution in [1.82, 2.24) is 0 Å². The van der Waals surface area contributed by atoms with Crippen LogP contribution in [0.3, 0.4) is 0 Å². The van der Waals surface area contributed by atoms with Crippen molar-refractivity contribution in [3.8, 4) is 0 Å². The van der Waals surface area contributed by atoms with Crippen molar-refractivity contribution in [3.63, 3.8) is 0 Å². The van der Waals surface area contributed by atoms with E-state index in [0.29, 0.717) is 0 Å². The van der Waals surface area contributed by atoms with Crippen molar-refractivity contribution >= 4 is 10.5 Å². The lowest BCUT2D eigenvalue weighted by atomic mass is 10.7. The molecule has 70 valence electrons. The van der Waals surface area contributed by atoms with Crippen LogP contribution in [0.15, 0.2) is 12.7 Å². The zero-order chi connectivity index (χ0) is 9.40. The van der Waals surface area contributed by atoms with Crippen molar-refractivity contribution in [3.05, 3.63) is 12.7 Å². The molecule has 0 amide bonds. The van der Waals surface area contributed by atoms with Gasteiger partial charge in [0.05, 0.1) is 0 Å². The SMILES string of the molecule is C=CC(F)OS(F)(F)(F)(F)F. The molecule has 8 heteroatoms. The van der Waals surface area contributed by atoms with E-state index < -0.39 is 16.9 Å². The molecule has 0 fully saturated rings. The zero-order valence-electron chi connectivity index (χ0n) is 4.95. The molecule has 0 rings (SSSR count). The number of hydrogen-bond donors (Lipinski definition) is 0. The summed E-state index contributed by atoms with van der Waals surface area (Å²) in [5.74, 6) is 0. The largest absolute Gasteiger partial charge is 0.400 e. The van der Waals surface area contributed by atoms with Crippen LogP contribution in [0.5, 0.6) is 0 Å². The summed E-state index contributed by atoms with van der Waals surface area (Å²) in [5.41, 5.74) is 0. The molecule has 0 spiro atoms. The van der Waals surface area contributed by atoms with Crippen LogP contribution >= 0.6 is 10.5 Å². The Labute approximate surface area is 58.6 Å². The average Bonchev–Trinajstić information content (AvgIpc) is 1.57. The number of halogens is 6. The van der Waals surface area contributed by atoms with Crippen LogP contribution in [0.4, 0.5) is 23.8 Å². The summed E-state index contributed by atoms with van der Waals surface area (Å²) in [6.07, 6.45) is -3.26. The second-order valence-corrected chi connectivity index (χ2v) is 3.57. The van der Waals surface area contributed by atoms with Gasteiger partial charge in [0.2, 0.25) is 6.36 Å². The van der Waals surface area contributed by atoms with Gasteiger partial charge in [0.25, 0.3) is 0 Å². The van der Waals surface area contributed by atoms with Gasteiger partial charge in [-0.3, -0.25) is 0 Å². The van der Waals surface area contributed by atoms with Crippen molar-refractivity contribution in [2.45, 2.75) is 6.36 Å². The fraction of sp³-hybridized carbons (Fsp3) is 0.333. The standard InChI is InChI=1S/C3H4F6OS/c1-2-3(4)10-11(5,6,7,8)9/h2-3H,1H2. The molecule has 0 aliphatic carbocycles. The van der Waals surface area contributed by atoms with Crippen LogP contribution in [-0.4, -0.2) is 6.36 Å². The summed E-state index contributed by atoms with van der Waals surface area (Å²) in [4.78, 5) is 0. The average molecular weight is 202 g/mol. The van der Waals surface area contributed by atoms with E-state index in [9.17, 15) is 23.8 Å². The molecule has 0 heterocycles. The van der Waals surface area contributed by atoms with Crippen molar-refractivity contribution in [2.75, 3.05) is 0 Å².